The van der Waals surface area contributed by atoms with Gasteiger partial charge in [-0.25, -0.2) is 0 Å². The molecule has 0 spiro atoms. The van der Waals surface area contributed by atoms with Crippen LogP contribution in [0, 0.1) is 11.3 Å². The molecule has 1 atom stereocenters. The van der Waals surface area contributed by atoms with Crippen molar-refractivity contribution in [1.29, 1.82) is 5.26 Å². The lowest BCUT2D eigenvalue weighted by atomic mass is 9.94. The molecule has 0 saturated heterocycles. The molecule has 0 aromatic heterocycles. The third kappa shape index (κ3) is 3.62. The molecule has 0 radical (unpaired) electrons. The summed E-state index contributed by atoms with van der Waals surface area (Å²) in [4.78, 5) is 0. The highest BCUT2D eigenvalue weighted by molar-refractivity contribution is 6.32. The van der Waals surface area contributed by atoms with E-state index < -0.39 is 0 Å². The molecule has 1 unspecified atom stereocenters. The third-order valence-electron chi connectivity index (χ3n) is 3.65. The van der Waals surface area contributed by atoms with Crippen LogP contribution in [0.3, 0.4) is 0 Å². The quantitative estimate of drug-likeness (QED) is 0.910. The maximum absolute atomic E-state index is 9.34. The summed E-state index contributed by atoms with van der Waals surface area (Å²) < 4.78 is 5.13. The summed E-state index contributed by atoms with van der Waals surface area (Å²) in [5, 5.41) is 13.3. The Bertz CT molecular complexity index is 464. The van der Waals surface area contributed by atoms with Crippen molar-refractivity contribution in [3.63, 3.8) is 0 Å². The smallest absolute Gasteiger partial charge is 0.137 e. The van der Waals surface area contributed by atoms with Gasteiger partial charge in [0.2, 0.25) is 0 Å². The van der Waals surface area contributed by atoms with E-state index in [-0.39, 0.29) is 6.04 Å². The van der Waals surface area contributed by atoms with Crippen LogP contribution in [0.25, 0.3) is 0 Å². The number of methoxy groups -OCH3 is 1. The van der Waals surface area contributed by atoms with E-state index in [1.807, 2.05) is 18.2 Å². The highest BCUT2D eigenvalue weighted by atomic mass is 35.5. The molecule has 102 valence electrons. The van der Waals surface area contributed by atoms with Crippen LogP contribution < -0.4 is 10.1 Å². The van der Waals surface area contributed by atoms with Crippen LogP contribution in [0.2, 0.25) is 5.02 Å². The molecule has 1 saturated carbocycles. The Balaban J connectivity index is 2.08. The molecule has 3 nitrogen and oxygen atoms in total. The average molecular weight is 279 g/mol. The summed E-state index contributed by atoms with van der Waals surface area (Å²) in [7, 11) is 1.59. The van der Waals surface area contributed by atoms with E-state index in [9.17, 15) is 5.26 Å². The Kier molecular flexibility index (Phi) is 5.07. The zero-order chi connectivity index (χ0) is 13.7. The molecular weight excluding hydrogens is 260 g/mol. The van der Waals surface area contributed by atoms with Gasteiger partial charge in [-0.2, -0.15) is 5.26 Å². The molecule has 1 N–H and O–H groups in total. The largest absolute Gasteiger partial charge is 0.495 e. The van der Waals surface area contributed by atoms with Crippen molar-refractivity contribution >= 4 is 11.6 Å². The van der Waals surface area contributed by atoms with Crippen molar-refractivity contribution in [2.75, 3.05) is 7.11 Å². The van der Waals surface area contributed by atoms with Gasteiger partial charge in [-0.3, -0.25) is 5.32 Å². The Labute approximate surface area is 119 Å². The standard InChI is InChI=1S/C15H19ClN2O/c1-19-15-8-7-11(9-13(15)16)14(10-17)18-12-5-3-2-4-6-12/h7-9,12,14,18H,2-6H2,1H3. The first-order valence-electron chi connectivity index (χ1n) is 6.73. The number of ether oxygens (including phenoxy) is 1. The van der Waals surface area contributed by atoms with E-state index in [1.54, 1.807) is 7.11 Å². The number of hydrogen-bond acceptors (Lipinski definition) is 3. The molecule has 1 aliphatic carbocycles. The SMILES string of the molecule is COc1ccc(C(C#N)NC2CCCCC2)cc1Cl. The molecule has 4 heteroatoms. The number of benzene rings is 1. The topological polar surface area (TPSA) is 45.0 Å². The van der Waals surface area contributed by atoms with Crippen LogP contribution in [0.1, 0.15) is 43.7 Å². The fourth-order valence-electron chi connectivity index (χ4n) is 2.58. The first-order valence-corrected chi connectivity index (χ1v) is 7.11. The minimum atomic E-state index is -0.300. The summed E-state index contributed by atoms with van der Waals surface area (Å²) in [5.41, 5.74) is 0.902. The fourth-order valence-corrected chi connectivity index (χ4v) is 2.84. The summed E-state index contributed by atoms with van der Waals surface area (Å²) in [6.45, 7) is 0. The number of halogens is 1. The summed E-state index contributed by atoms with van der Waals surface area (Å²) >= 11 is 6.11. The van der Waals surface area contributed by atoms with Crippen LogP contribution in [-0.4, -0.2) is 13.2 Å². The van der Waals surface area contributed by atoms with Gasteiger partial charge in [0.15, 0.2) is 0 Å². The monoisotopic (exact) mass is 278 g/mol. The van der Waals surface area contributed by atoms with Crippen LogP contribution in [0.15, 0.2) is 18.2 Å². The average Bonchev–Trinajstić information content (AvgIpc) is 2.46. The zero-order valence-corrected chi connectivity index (χ0v) is 11.9. The van der Waals surface area contributed by atoms with E-state index in [4.69, 9.17) is 16.3 Å². The summed E-state index contributed by atoms with van der Waals surface area (Å²) in [5.74, 6) is 0.639. The van der Waals surface area contributed by atoms with E-state index in [2.05, 4.69) is 11.4 Å². The van der Waals surface area contributed by atoms with E-state index in [0.717, 1.165) is 18.4 Å². The van der Waals surface area contributed by atoms with Gasteiger partial charge in [0, 0.05) is 6.04 Å². The van der Waals surface area contributed by atoms with Crippen LogP contribution in [-0.2, 0) is 0 Å². The molecule has 1 aliphatic rings. The maximum Gasteiger partial charge on any atom is 0.137 e. The number of nitrogens with one attached hydrogen (secondary N) is 1. The number of nitriles is 1. The molecule has 19 heavy (non-hydrogen) atoms. The molecule has 0 heterocycles. The first kappa shape index (κ1) is 14.2. The molecule has 1 aromatic carbocycles. The Morgan fingerprint density at radius 1 is 1.37 bits per heavy atom. The zero-order valence-electron chi connectivity index (χ0n) is 11.2. The number of hydrogen-bond donors (Lipinski definition) is 1. The second-order valence-corrected chi connectivity index (χ2v) is 5.36. The second-order valence-electron chi connectivity index (χ2n) is 4.96. The van der Waals surface area contributed by atoms with Crippen LogP contribution in [0.5, 0.6) is 5.75 Å². The van der Waals surface area contributed by atoms with Crippen molar-refractivity contribution < 1.29 is 4.74 Å². The lowest BCUT2D eigenvalue weighted by Crippen LogP contribution is -2.33. The van der Waals surface area contributed by atoms with Gasteiger partial charge in [-0.15, -0.1) is 0 Å². The molecule has 0 amide bonds. The Morgan fingerprint density at radius 2 is 2.11 bits per heavy atom. The Morgan fingerprint density at radius 3 is 2.68 bits per heavy atom. The minimum absolute atomic E-state index is 0.300. The Hall–Kier alpha value is -1.24. The van der Waals surface area contributed by atoms with Gasteiger partial charge < -0.3 is 4.74 Å². The van der Waals surface area contributed by atoms with E-state index in [0.29, 0.717) is 16.8 Å². The predicted octanol–water partition coefficient (Wildman–Crippen LogP) is 3.84. The molecule has 0 aliphatic heterocycles. The number of nitrogens with zero attached hydrogens (tertiary/aromatic N) is 1. The van der Waals surface area contributed by atoms with Crippen molar-refractivity contribution in [3.8, 4) is 11.8 Å². The van der Waals surface area contributed by atoms with Gasteiger partial charge in [-0.05, 0) is 30.5 Å². The van der Waals surface area contributed by atoms with Gasteiger partial charge in [-0.1, -0.05) is 36.9 Å². The van der Waals surface area contributed by atoms with Gasteiger partial charge in [0.1, 0.15) is 11.8 Å². The highest BCUT2D eigenvalue weighted by Gasteiger charge is 2.19. The second kappa shape index (κ2) is 6.79. The summed E-state index contributed by atoms with van der Waals surface area (Å²) in [6, 6.07) is 7.98. The molecule has 1 fully saturated rings. The van der Waals surface area contributed by atoms with Crippen molar-refractivity contribution in [2.24, 2.45) is 0 Å². The minimum Gasteiger partial charge on any atom is -0.495 e. The lowest BCUT2D eigenvalue weighted by molar-refractivity contribution is 0.359. The third-order valence-corrected chi connectivity index (χ3v) is 3.94. The van der Waals surface area contributed by atoms with Crippen LogP contribution in [0.4, 0.5) is 0 Å². The molecule has 0 bridgehead atoms. The van der Waals surface area contributed by atoms with Crippen molar-refractivity contribution in [1.82, 2.24) is 5.32 Å². The van der Waals surface area contributed by atoms with Gasteiger partial charge in [0.25, 0.3) is 0 Å². The normalized spacial score (nSPS) is 17.7. The predicted molar refractivity (Wildman–Crippen MR) is 76.4 cm³/mol. The number of rotatable bonds is 4. The highest BCUT2D eigenvalue weighted by Crippen LogP contribution is 2.28. The summed E-state index contributed by atoms with van der Waals surface area (Å²) in [6.07, 6.45) is 6.12. The first-order chi connectivity index (χ1) is 9.24. The van der Waals surface area contributed by atoms with Gasteiger partial charge >= 0.3 is 0 Å². The molecule has 2 rings (SSSR count). The van der Waals surface area contributed by atoms with Gasteiger partial charge in [0.05, 0.1) is 18.2 Å². The van der Waals surface area contributed by atoms with E-state index >= 15 is 0 Å². The maximum atomic E-state index is 9.34. The van der Waals surface area contributed by atoms with Crippen molar-refractivity contribution in [2.45, 2.75) is 44.2 Å². The van der Waals surface area contributed by atoms with Crippen LogP contribution >= 0.6 is 11.6 Å². The molecular formula is C15H19ClN2O. The van der Waals surface area contributed by atoms with Crippen molar-refractivity contribution in [3.05, 3.63) is 28.8 Å². The lowest BCUT2D eigenvalue weighted by Gasteiger charge is -2.25. The van der Waals surface area contributed by atoms with E-state index in [1.165, 1.54) is 19.3 Å². The molecule has 1 aromatic rings. The fraction of sp³-hybridized carbons (Fsp3) is 0.533.